The predicted octanol–water partition coefficient (Wildman–Crippen LogP) is 3.93. The minimum atomic E-state index is -0.325. The minimum absolute atomic E-state index is 0.0364. The SMILES string of the molecule is CCOC(=O)c1ccc(NC(=S)N[C@H](C)COc2ccccc2)c(C)c1. The van der Waals surface area contributed by atoms with Crippen molar-refractivity contribution in [1.82, 2.24) is 5.32 Å². The number of nitrogens with one attached hydrogen (secondary N) is 2. The van der Waals surface area contributed by atoms with Crippen molar-refractivity contribution in [2.24, 2.45) is 0 Å². The van der Waals surface area contributed by atoms with Gasteiger partial charge in [0.1, 0.15) is 12.4 Å². The number of hydrogen-bond donors (Lipinski definition) is 2. The number of hydrogen-bond acceptors (Lipinski definition) is 4. The number of benzene rings is 2. The minimum Gasteiger partial charge on any atom is -0.491 e. The van der Waals surface area contributed by atoms with Crippen LogP contribution in [0.3, 0.4) is 0 Å². The smallest absolute Gasteiger partial charge is 0.338 e. The number of rotatable bonds is 7. The van der Waals surface area contributed by atoms with Gasteiger partial charge in [-0.1, -0.05) is 18.2 Å². The number of aryl methyl sites for hydroxylation is 1. The van der Waals surface area contributed by atoms with Crippen LogP contribution in [0.4, 0.5) is 5.69 Å². The molecule has 6 heteroatoms. The van der Waals surface area contributed by atoms with Gasteiger partial charge in [0.2, 0.25) is 0 Å². The number of carbonyl (C=O) groups is 1. The lowest BCUT2D eigenvalue weighted by Gasteiger charge is -2.18. The Kier molecular flexibility index (Phi) is 7.41. The normalized spacial score (nSPS) is 11.3. The Bertz CT molecular complexity index is 750. The molecule has 26 heavy (non-hydrogen) atoms. The molecule has 0 heterocycles. The summed E-state index contributed by atoms with van der Waals surface area (Å²) < 4.78 is 10.7. The molecule has 0 saturated carbocycles. The summed E-state index contributed by atoms with van der Waals surface area (Å²) in [6.07, 6.45) is 0. The van der Waals surface area contributed by atoms with Crippen LogP contribution in [0.25, 0.3) is 0 Å². The molecule has 2 rings (SSSR count). The van der Waals surface area contributed by atoms with Gasteiger partial charge in [0, 0.05) is 5.69 Å². The Hall–Kier alpha value is -2.60. The summed E-state index contributed by atoms with van der Waals surface area (Å²) >= 11 is 5.36. The molecule has 0 fully saturated rings. The van der Waals surface area contributed by atoms with E-state index in [1.165, 1.54) is 0 Å². The van der Waals surface area contributed by atoms with Crippen LogP contribution in [0.5, 0.6) is 5.75 Å². The van der Waals surface area contributed by atoms with Gasteiger partial charge in [-0.15, -0.1) is 0 Å². The van der Waals surface area contributed by atoms with Crippen LogP contribution in [0, 0.1) is 6.92 Å². The summed E-state index contributed by atoms with van der Waals surface area (Å²) in [5.74, 6) is 0.500. The molecule has 0 saturated heterocycles. The Morgan fingerprint density at radius 1 is 1.19 bits per heavy atom. The first-order chi connectivity index (χ1) is 12.5. The molecular weight excluding hydrogens is 348 g/mol. The number of carbonyl (C=O) groups excluding carboxylic acids is 1. The second-order valence-corrected chi connectivity index (χ2v) is 6.28. The molecule has 0 radical (unpaired) electrons. The zero-order valence-corrected chi connectivity index (χ0v) is 16.1. The molecule has 2 aromatic carbocycles. The van der Waals surface area contributed by atoms with Crippen molar-refractivity contribution in [3.8, 4) is 5.75 Å². The van der Waals surface area contributed by atoms with Crippen molar-refractivity contribution >= 4 is 29.0 Å². The highest BCUT2D eigenvalue weighted by atomic mass is 32.1. The van der Waals surface area contributed by atoms with Crippen molar-refractivity contribution < 1.29 is 14.3 Å². The van der Waals surface area contributed by atoms with Crippen LogP contribution in [-0.4, -0.2) is 30.3 Å². The van der Waals surface area contributed by atoms with Gasteiger partial charge in [0.15, 0.2) is 5.11 Å². The first-order valence-electron chi connectivity index (χ1n) is 8.52. The van der Waals surface area contributed by atoms with Crippen LogP contribution in [0.1, 0.15) is 29.8 Å². The molecule has 0 aliphatic rings. The van der Waals surface area contributed by atoms with E-state index >= 15 is 0 Å². The molecule has 2 aromatic rings. The van der Waals surface area contributed by atoms with Crippen LogP contribution < -0.4 is 15.4 Å². The summed E-state index contributed by atoms with van der Waals surface area (Å²) in [5, 5.41) is 6.84. The summed E-state index contributed by atoms with van der Waals surface area (Å²) in [7, 11) is 0. The van der Waals surface area contributed by atoms with Gasteiger partial charge < -0.3 is 20.1 Å². The number of thiocarbonyl (C=S) groups is 1. The number of ether oxygens (including phenoxy) is 2. The maximum absolute atomic E-state index is 11.8. The quantitative estimate of drug-likeness (QED) is 0.567. The molecule has 2 N–H and O–H groups in total. The third-order valence-corrected chi connectivity index (χ3v) is 3.83. The summed E-state index contributed by atoms with van der Waals surface area (Å²) in [4.78, 5) is 11.8. The maximum Gasteiger partial charge on any atom is 0.338 e. The first-order valence-corrected chi connectivity index (χ1v) is 8.93. The largest absolute Gasteiger partial charge is 0.491 e. The zero-order valence-electron chi connectivity index (χ0n) is 15.2. The highest BCUT2D eigenvalue weighted by Gasteiger charge is 2.10. The second kappa shape index (κ2) is 9.77. The van der Waals surface area contributed by atoms with Crippen LogP contribution >= 0.6 is 12.2 Å². The van der Waals surface area contributed by atoms with Crippen LogP contribution in [-0.2, 0) is 4.74 Å². The van der Waals surface area contributed by atoms with E-state index in [1.54, 1.807) is 19.1 Å². The van der Waals surface area contributed by atoms with Gasteiger partial charge in [-0.05, 0) is 68.9 Å². The molecular formula is C20H24N2O3S. The molecule has 0 aromatic heterocycles. The van der Waals surface area contributed by atoms with Crippen molar-refractivity contribution in [1.29, 1.82) is 0 Å². The highest BCUT2D eigenvalue weighted by Crippen LogP contribution is 2.17. The number of esters is 1. The van der Waals surface area contributed by atoms with E-state index in [-0.39, 0.29) is 12.0 Å². The standard InChI is InChI=1S/C20H24N2O3S/c1-4-24-19(23)16-10-11-18(14(2)12-16)22-20(26)21-15(3)13-25-17-8-6-5-7-9-17/h5-12,15H,4,13H2,1-3H3,(H2,21,22,26)/t15-/m1/s1. The maximum atomic E-state index is 11.8. The van der Waals surface area contributed by atoms with Gasteiger partial charge in [0.25, 0.3) is 0 Å². The average molecular weight is 372 g/mol. The average Bonchev–Trinajstić information content (AvgIpc) is 2.62. The van der Waals surface area contributed by atoms with Crippen LogP contribution in [0.15, 0.2) is 48.5 Å². The molecule has 0 bridgehead atoms. The van der Waals surface area contributed by atoms with E-state index < -0.39 is 0 Å². The summed E-state index contributed by atoms with van der Waals surface area (Å²) in [6.45, 7) is 6.54. The Balaban J connectivity index is 1.85. The third-order valence-electron chi connectivity index (χ3n) is 3.61. The summed E-state index contributed by atoms with van der Waals surface area (Å²) in [5.41, 5.74) is 2.28. The third kappa shape index (κ3) is 6.04. The topological polar surface area (TPSA) is 59.6 Å². The lowest BCUT2D eigenvalue weighted by molar-refractivity contribution is 0.0526. The number of anilines is 1. The molecule has 5 nitrogen and oxygen atoms in total. The summed E-state index contributed by atoms with van der Waals surface area (Å²) in [6, 6.07) is 15.0. The Morgan fingerprint density at radius 2 is 1.92 bits per heavy atom. The van der Waals surface area contributed by atoms with Crippen molar-refractivity contribution in [3.63, 3.8) is 0 Å². The second-order valence-electron chi connectivity index (χ2n) is 5.87. The van der Waals surface area contributed by atoms with E-state index in [9.17, 15) is 4.79 Å². The Labute approximate surface area is 159 Å². The van der Waals surface area contributed by atoms with Gasteiger partial charge >= 0.3 is 5.97 Å². The monoisotopic (exact) mass is 372 g/mol. The molecule has 0 unspecified atom stereocenters. The lowest BCUT2D eigenvalue weighted by atomic mass is 10.1. The Morgan fingerprint density at radius 3 is 2.58 bits per heavy atom. The molecule has 0 amide bonds. The van der Waals surface area contributed by atoms with Crippen molar-refractivity contribution in [3.05, 3.63) is 59.7 Å². The van der Waals surface area contributed by atoms with Crippen LogP contribution in [0.2, 0.25) is 0 Å². The van der Waals surface area contributed by atoms with Crippen molar-refractivity contribution in [2.75, 3.05) is 18.5 Å². The number of para-hydroxylation sites is 1. The highest BCUT2D eigenvalue weighted by molar-refractivity contribution is 7.80. The molecule has 0 spiro atoms. The molecule has 0 aliphatic heterocycles. The van der Waals surface area contributed by atoms with Crippen molar-refractivity contribution in [2.45, 2.75) is 26.8 Å². The fraction of sp³-hybridized carbons (Fsp3) is 0.300. The molecule has 138 valence electrons. The lowest BCUT2D eigenvalue weighted by Crippen LogP contribution is -2.39. The fourth-order valence-corrected chi connectivity index (χ4v) is 2.62. The van der Waals surface area contributed by atoms with Gasteiger partial charge in [-0.2, -0.15) is 0 Å². The van der Waals surface area contributed by atoms with E-state index in [1.807, 2.05) is 50.2 Å². The van der Waals surface area contributed by atoms with E-state index in [4.69, 9.17) is 21.7 Å². The van der Waals surface area contributed by atoms with Gasteiger partial charge in [0.05, 0.1) is 18.2 Å². The van der Waals surface area contributed by atoms with E-state index in [0.29, 0.717) is 23.9 Å². The molecule has 1 atom stereocenters. The van der Waals surface area contributed by atoms with E-state index in [0.717, 1.165) is 17.0 Å². The zero-order chi connectivity index (χ0) is 18.9. The van der Waals surface area contributed by atoms with Gasteiger partial charge in [-0.3, -0.25) is 0 Å². The molecule has 0 aliphatic carbocycles. The first kappa shape index (κ1) is 19.7. The van der Waals surface area contributed by atoms with Gasteiger partial charge in [-0.25, -0.2) is 4.79 Å². The van der Waals surface area contributed by atoms with E-state index in [2.05, 4.69) is 10.6 Å². The fourth-order valence-electron chi connectivity index (χ4n) is 2.31. The predicted molar refractivity (Wildman–Crippen MR) is 108 cm³/mol.